The molecule has 0 saturated carbocycles. The standard InChI is InChI=1S/C10H16BrN3O/c1-15-10-2-4-13(5-3-10)8-14-7-9(11)6-12-14/h6-7,10H,2-5,8H2,1H3. The SMILES string of the molecule is COC1CCN(Cn2cc(Br)cn2)CC1. The molecule has 1 aromatic heterocycles. The molecular formula is C10H16BrN3O. The van der Waals surface area contributed by atoms with Crippen molar-refractivity contribution < 1.29 is 4.74 Å². The van der Waals surface area contributed by atoms with Crippen LogP contribution in [0.15, 0.2) is 16.9 Å². The molecule has 0 aromatic carbocycles. The van der Waals surface area contributed by atoms with Crippen molar-refractivity contribution in [1.82, 2.24) is 14.7 Å². The van der Waals surface area contributed by atoms with Gasteiger partial charge in [0.05, 0.1) is 23.4 Å². The van der Waals surface area contributed by atoms with Gasteiger partial charge in [-0.25, -0.2) is 0 Å². The monoisotopic (exact) mass is 273 g/mol. The number of ether oxygens (including phenoxy) is 1. The molecule has 1 aliphatic rings. The van der Waals surface area contributed by atoms with E-state index in [1.165, 1.54) is 0 Å². The second-order valence-electron chi connectivity index (χ2n) is 3.89. The Hall–Kier alpha value is -0.390. The van der Waals surface area contributed by atoms with Gasteiger partial charge in [-0.3, -0.25) is 9.58 Å². The van der Waals surface area contributed by atoms with Crippen molar-refractivity contribution in [2.75, 3.05) is 20.2 Å². The molecule has 0 aliphatic carbocycles. The lowest BCUT2D eigenvalue weighted by Gasteiger charge is -2.30. The Balaban J connectivity index is 1.82. The van der Waals surface area contributed by atoms with E-state index < -0.39 is 0 Å². The van der Waals surface area contributed by atoms with Gasteiger partial charge in [0, 0.05) is 26.4 Å². The first kappa shape index (κ1) is 11.1. The first-order valence-electron chi connectivity index (χ1n) is 5.21. The molecule has 0 bridgehead atoms. The average Bonchev–Trinajstić information content (AvgIpc) is 2.65. The Morgan fingerprint density at radius 1 is 1.53 bits per heavy atom. The average molecular weight is 274 g/mol. The van der Waals surface area contributed by atoms with E-state index in [9.17, 15) is 0 Å². The summed E-state index contributed by atoms with van der Waals surface area (Å²) in [5, 5.41) is 4.25. The van der Waals surface area contributed by atoms with Gasteiger partial charge in [-0.15, -0.1) is 0 Å². The molecule has 84 valence electrons. The van der Waals surface area contributed by atoms with Crippen molar-refractivity contribution in [3.8, 4) is 0 Å². The Morgan fingerprint density at radius 3 is 2.80 bits per heavy atom. The van der Waals surface area contributed by atoms with Gasteiger partial charge in [-0.1, -0.05) is 0 Å². The minimum atomic E-state index is 0.450. The molecule has 4 nitrogen and oxygen atoms in total. The molecule has 15 heavy (non-hydrogen) atoms. The highest BCUT2D eigenvalue weighted by Gasteiger charge is 2.18. The van der Waals surface area contributed by atoms with E-state index in [0.29, 0.717) is 6.10 Å². The van der Waals surface area contributed by atoms with Gasteiger partial charge < -0.3 is 4.74 Å². The quantitative estimate of drug-likeness (QED) is 0.840. The second-order valence-corrected chi connectivity index (χ2v) is 4.81. The van der Waals surface area contributed by atoms with Crippen LogP contribution in [0.3, 0.4) is 0 Å². The van der Waals surface area contributed by atoms with Crippen LogP contribution in [-0.4, -0.2) is 41.0 Å². The first-order chi connectivity index (χ1) is 7.28. The number of aromatic nitrogens is 2. The van der Waals surface area contributed by atoms with Gasteiger partial charge in [0.25, 0.3) is 0 Å². The fraction of sp³-hybridized carbons (Fsp3) is 0.700. The van der Waals surface area contributed by atoms with E-state index in [-0.39, 0.29) is 0 Å². The highest BCUT2D eigenvalue weighted by atomic mass is 79.9. The molecule has 1 aromatic rings. The van der Waals surface area contributed by atoms with Gasteiger partial charge in [0.1, 0.15) is 0 Å². The lowest BCUT2D eigenvalue weighted by atomic mass is 10.1. The van der Waals surface area contributed by atoms with Crippen LogP contribution in [0.4, 0.5) is 0 Å². The second kappa shape index (κ2) is 5.09. The molecule has 0 N–H and O–H groups in total. The summed E-state index contributed by atoms with van der Waals surface area (Å²) < 4.78 is 8.33. The Bertz CT molecular complexity index is 307. The number of rotatable bonds is 3. The predicted octanol–water partition coefficient (Wildman–Crippen LogP) is 1.71. The fourth-order valence-electron chi connectivity index (χ4n) is 1.91. The number of nitrogens with zero attached hydrogens (tertiary/aromatic N) is 3. The Labute approximate surface area is 98.3 Å². The Morgan fingerprint density at radius 2 is 2.27 bits per heavy atom. The minimum Gasteiger partial charge on any atom is -0.381 e. The van der Waals surface area contributed by atoms with E-state index in [4.69, 9.17) is 4.74 Å². The van der Waals surface area contributed by atoms with Crippen molar-refractivity contribution in [3.05, 3.63) is 16.9 Å². The molecular weight excluding hydrogens is 258 g/mol. The summed E-state index contributed by atoms with van der Waals surface area (Å²) in [7, 11) is 1.80. The van der Waals surface area contributed by atoms with Crippen molar-refractivity contribution in [2.45, 2.75) is 25.6 Å². The van der Waals surface area contributed by atoms with Crippen molar-refractivity contribution in [3.63, 3.8) is 0 Å². The summed E-state index contributed by atoms with van der Waals surface area (Å²) in [4.78, 5) is 2.40. The zero-order chi connectivity index (χ0) is 10.7. The molecule has 0 amide bonds. The number of hydrogen-bond acceptors (Lipinski definition) is 3. The first-order valence-corrected chi connectivity index (χ1v) is 6.00. The van der Waals surface area contributed by atoms with Gasteiger partial charge in [0.2, 0.25) is 0 Å². The fourth-order valence-corrected chi connectivity index (χ4v) is 2.23. The normalized spacial score (nSPS) is 19.6. The van der Waals surface area contributed by atoms with Crippen LogP contribution >= 0.6 is 15.9 Å². The van der Waals surface area contributed by atoms with E-state index in [2.05, 4.69) is 25.9 Å². The van der Waals surface area contributed by atoms with E-state index in [1.807, 2.05) is 17.1 Å². The van der Waals surface area contributed by atoms with Crippen molar-refractivity contribution in [2.24, 2.45) is 0 Å². The number of hydrogen-bond donors (Lipinski definition) is 0. The lowest BCUT2D eigenvalue weighted by Crippen LogP contribution is -2.37. The van der Waals surface area contributed by atoms with Gasteiger partial charge >= 0.3 is 0 Å². The van der Waals surface area contributed by atoms with Crippen molar-refractivity contribution in [1.29, 1.82) is 0 Å². The number of piperidine rings is 1. The number of methoxy groups -OCH3 is 1. The van der Waals surface area contributed by atoms with Gasteiger partial charge in [0.15, 0.2) is 0 Å². The predicted molar refractivity (Wildman–Crippen MR) is 61.5 cm³/mol. The third-order valence-corrected chi connectivity index (χ3v) is 3.22. The molecule has 0 radical (unpaired) electrons. The maximum absolute atomic E-state index is 5.34. The van der Waals surface area contributed by atoms with Crippen molar-refractivity contribution >= 4 is 15.9 Å². The summed E-state index contributed by atoms with van der Waals surface area (Å²) in [6, 6.07) is 0. The van der Waals surface area contributed by atoms with Gasteiger partial charge in [-0.2, -0.15) is 5.10 Å². The van der Waals surface area contributed by atoms with Gasteiger partial charge in [-0.05, 0) is 28.8 Å². The third-order valence-electron chi connectivity index (χ3n) is 2.81. The smallest absolute Gasteiger partial charge is 0.0929 e. The molecule has 1 fully saturated rings. The molecule has 2 rings (SSSR count). The molecule has 1 saturated heterocycles. The molecule has 0 spiro atoms. The lowest BCUT2D eigenvalue weighted by molar-refractivity contribution is 0.0303. The summed E-state index contributed by atoms with van der Waals surface area (Å²) in [6.07, 6.45) is 6.52. The maximum Gasteiger partial charge on any atom is 0.0929 e. The zero-order valence-electron chi connectivity index (χ0n) is 8.90. The van der Waals surface area contributed by atoms with Crippen LogP contribution < -0.4 is 0 Å². The summed E-state index contributed by atoms with van der Waals surface area (Å²) >= 11 is 3.40. The van der Waals surface area contributed by atoms with Crippen LogP contribution in [0, 0.1) is 0 Å². The van der Waals surface area contributed by atoms with Crippen LogP contribution in [0.25, 0.3) is 0 Å². The molecule has 0 unspecified atom stereocenters. The largest absolute Gasteiger partial charge is 0.381 e. The van der Waals surface area contributed by atoms with Crippen LogP contribution in [-0.2, 0) is 11.4 Å². The minimum absolute atomic E-state index is 0.450. The summed E-state index contributed by atoms with van der Waals surface area (Å²) in [6.45, 7) is 3.06. The summed E-state index contributed by atoms with van der Waals surface area (Å²) in [5.74, 6) is 0. The zero-order valence-corrected chi connectivity index (χ0v) is 10.5. The number of halogens is 1. The maximum atomic E-state index is 5.34. The third kappa shape index (κ3) is 3.03. The van der Waals surface area contributed by atoms with Crippen LogP contribution in [0.1, 0.15) is 12.8 Å². The van der Waals surface area contributed by atoms with Crippen LogP contribution in [0.5, 0.6) is 0 Å². The highest BCUT2D eigenvalue weighted by molar-refractivity contribution is 9.10. The summed E-state index contributed by atoms with van der Waals surface area (Å²) in [5.41, 5.74) is 0. The molecule has 5 heteroatoms. The number of likely N-dealkylation sites (tertiary alicyclic amines) is 1. The van der Waals surface area contributed by atoms with E-state index >= 15 is 0 Å². The Kier molecular flexibility index (Phi) is 3.77. The van der Waals surface area contributed by atoms with E-state index in [1.54, 1.807) is 7.11 Å². The molecule has 2 heterocycles. The highest BCUT2D eigenvalue weighted by Crippen LogP contribution is 2.14. The van der Waals surface area contributed by atoms with Crippen LogP contribution in [0.2, 0.25) is 0 Å². The molecule has 1 aliphatic heterocycles. The topological polar surface area (TPSA) is 30.3 Å². The van der Waals surface area contributed by atoms with E-state index in [0.717, 1.165) is 37.1 Å². The molecule has 0 atom stereocenters.